The number of rotatable bonds is 45. The number of unbranched alkanes of at least 4 members (excludes halogenated alkanes) is 45. The van der Waals surface area contributed by atoms with Crippen molar-refractivity contribution in [2.24, 2.45) is 0 Å². The Morgan fingerprint density at radius 1 is 0.164 bits per heavy atom. The minimum Gasteiger partial charge on any atom is -0.343 e. The van der Waals surface area contributed by atoms with E-state index in [1.165, 1.54) is 289 Å². The van der Waals surface area contributed by atoms with Crippen molar-refractivity contribution < 1.29 is 0 Å². The molecule has 55 heavy (non-hydrogen) atoms. The molecule has 0 amide bonds. The minimum atomic E-state index is 0. The van der Waals surface area contributed by atoms with Crippen molar-refractivity contribution in [2.75, 3.05) is 0 Å². The average Bonchev–Trinajstić information content (AvgIpc) is 3.19. The Labute approximate surface area is 365 Å². The standard InChI is InChI=1S/3C18H37.Al/c3*1-3-5-7-9-11-13-15-17-18-16-14-12-10-8-6-4-2;/h3*1,3-18H2,2H3;/q3*-1;+3. The average molecular weight is 787 g/mol. The van der Waals surface area contributed by atoms with Gasteiger partial charge in [0.25, 0.3) is 0 Å². The van der Waals surface area contributed by atoms with E-state index in [1.807, 2.05) is 0 Å². The Kier molecular flexibility index (Phi) is 75.0. The van der Waals surface area contributed by atoms with Crippen molar-refractivity contribution in [3.05, 3.63) is 20.8 Å². The van der Waals surface area contributed by atoms with Crippen molar-refractivity contribution in [3.8, 4) is 0 Å². The molecule has 0 atom stereocenters. The van der Waals surface area contributed by atoms with Crippen LogP contribution in [0.5, 0.6) is 0 Å². The molecule has 0 saturated carbocycles. The zero-order chi connectivity index (χ0) is 39.9. The Balaban J connectivity index is -0.000000351. The fourth-order valence-corrected chi connectivity index (χ4v) is 7.64. The van der Waals surface area contributed by atoms with Crippen molar-refractivity contribution in [2.45, 2.75) is 329 Å². The van der Waals surface area contributed by atoms with Gasteiger partial charge in [0.15, 0.2) is 0 Å². The van der Waals surface area contributed by atoms with E-state index in [0.29, 0.717) is 0 Å². The van der Waals surface area contributed by atoms with E-state index in [9.17, 15) is 0 Å². The molecule has 0 rings (SSSR count). The summed E-state index contributed by atoms with van der Waals surface area (Å²) >= 11 is 0. The third kappa shape index (κ3) is 72.6. The summed E-state index contributed by atoms with van der Waals surface area (Å²) in [6, 6.07) is 0. The first-order valence-corrected chi connectivity index (χ1v) is 26.1. The second-order valence-corrected chi connectivity index (χ2v) is 17.4. The van der Waals surface area contributed by atoms with Gasteiger partial charge in [-0.2, -0.15) is 19.3 Å². The maximum Gasteiger partial charge on any atom is 3.00 e. The van der Waals surface area contributed by atoms with E-state index in [-0.39, 0.29) is 17.4 Å². The Bertz CT molecular complexity index is 419. The van der Waals surface area contributed by atoms with Crippen LogP contribution in [0.15, 0.2) is 0 Å². The van der Waals surface area contributed by atoms with Crippen LogP contribution in [-0.2, 0) is 0 Å². The van der Waals surface area contributed by atoms with Gasteiger partial charge in [0, 0.05) is 0 Å². The predicted molar refractivity (Wildman–Crippen MR) is 260 cm³/mol. The molecule has 0 heterocycles. The Hall–Kier alpha value is 0.532. The van der Waals surface area contributed by atoms with Crippen LogP contribution in [0.2, 0.25) is 0 Å². The van der Waals surface area contributed by atoms with E-state index in [1.54, 1.807) is 0 Å². The number of hydrogen-bond acceptors (Lipinski definition) is 0. The fraction of sp³-hybridized carbons (Fsp3) is 0.944. The molecule has 0 radical (unpaired) electrons. The summed E-state index contributed by atoms with van der Waals surface area (Å²) in [6.07, 6.45) is 68.5. The third-order valence-electron chi connectivity index (χ3n) is 11.6. The molecule has 0 aromatic carbocycles. The second kappa shape index (κ2) is 66.3. The first-order chi connectivity index (χ1) is 26.7. The van der Waals surface area contributed by atoms with E-state index in [0.717, 1.165) is 19.3 Å². The van der Waals surface area contributed by atoms with Crippen LogP contribution in [0.25, 0.3) is 0 Å². The summed E-state index contributed by atoms with van der Waals surface area (Å²) in [5.41, 5.74) is 0. The van der Waals surface area contributed by atoms with Crippen LogP contribution in [0.3, 0.4) is 0 Å². The topological polar surface area (TPSA) is 0 Å². The van der Waals surface area contributed by atoms with Gasteiger partial charge >= 0.3 is 17.4 Å². The molecule has 0 nitrogen and oxygen atoms in total. The summed E-state index contributed by atoms with van der Waals surface area (Å²) < 4.78 is 0. The van der Waals surface area contributed by atoms with E-state index >= 15 is 0 Å². The largest absolute Gasteiger partial charge is 3.00 e. The van der Waals surface area contributed by atoms with E-state index in [2.05, 4.69) is 41.5 Å². The summed E-state index contributed by atoms with van der Waals surface area (Å²) in [5.74, 6) is 0. The molecule has 0 aliphatic rings. The first-order valence-electron chi connectivity index (χ1n) is 26.1. The molecular weight excluding hydrogens is 676 g/mol. The minimum absolute atomic E-state index is 0. The maximum absolute atomic E-state index is 3.88. The molecule has 0 aromatic heterocycles. The smallest absolute Gasteiger partial charge is 0.343 e. The van der Waals surface area contributed by atoms with Gasteiger partial charge in [-0.1, -0.05) is 310 Å². The molecule has 330 valence electrons. The van der Waals surface area contributed by atoms with E-state index in [4.69, 9.17) is 0 Å². The second-order valence-electron chi connectivity index (χ2n) is 17.4. The van der Waals surface area contributed by atoms with Crippen molar-refractivity contribution in [1.29, 1.82) is 0 Å². The van der Waals surface area contributed by atoms with Gasteiger partial charge in [0.05, 0.1) is 0 Å². The van der Waals surface area contributed by atoms with Crippen LogP contribution in [0, 0.1) is 20.8 Å². The SMILES string of the molecule is [Al+3].[CH2-]CCCCCCCCCCCCCCCCC.[CH2-]CCCCCCCCCCCCCCCCC.[CH2-]CCCCCCCCCCCCCCCCC. The molecule has 0 aliphatic carbocycles. The van der Waals surface area contributed by atoms with Gasteiger partial charge in [0.1, 0.15) is 0 Å². The first kappa shape index (κ1) is 62.2. The molecule has 0 N–H and O–H groups in total. The zero-order valence-electron chi connectivity index (χ0n) is 39.6. The summed E-state index contributed by atoms with van der Waals surface area (Å²) in [5, 5.41) is 0. The molecule has 0 spiro atoms. The third-order valence-corrected chi connectivity index (χ3v) is 11.6. The molecule has 1 heteroatoms. The molecule has 0 aliphatic heterocycles. The van der Waals surface area contributed by atoms with Gasteiger partial charge in [0.2, 0.25) is 0 Å². The van der Waals surface area contributed by atoms with Crippen LogP contribution in [0.4, 0.5) is 0 Å². The molecule has 0 unspecified atom stereocenters. The molecule has 0 aromatic rings. The van der Waals surface area contributed by atoms with Crippen molar-refractivity contribution >= 4 is 17.4 Å². The van der Waals surface area contributed by atoms with Crippen LogP contribution >= 0.6 is 0 Å². The maximum atomic E-state index is 3.88. The Morgan fingerprint density at radius 2 is 0.255 bits per heavy atom. The zero-order valence-corrected chi connectivity index (χ0v) is 40.8. The molecule has 0 saturated heterocycles. The van der Waals surface area contributed by atoms with Gasteiger partial charge in [-0.3, -0.25) is 0 Å². The van der Waals surface area contributed by atoms with Crippen LogP contribution in [0.1, 0.15) is 329 Å². The number of hydrogen-bond donors (Lipinski definition) is 0. The summed E-state index contributed by atoms with van der Waals surface area (Å²) in [6.45, 7) is 18.5. The molecule has 0 bridgehead atoms. The Morgan fingerprint density at radius 3 is 0.345 bits per heavy atom. The van der Waals surface area contributed by atoms with Gasteiger partial charge in [-0.15, -0.1) is 0 Å². The fourth-order valence-electron chi connectivity index (χ4n) is 7.64. The van der Waals surface area contributed by atoms with E-state index < -0.39 is 0 Å². The summed E-state index contributed by atoms with van der Waals surface area (Å²) in [4.78, 5) is 0. The monoisotopic (exact) mass is 787 g/mol. The van der Waals surface area contributed by atoms with Crippen molar-refractivity contribution in [3.63, 3.8) is 0 Å². The van der Waals surface area contributed by atoms with Crippen LogP contribution < -0.4 is 0 Å². The van der Waals surface area contributed by atoms with Crippen molar-refractivity contribution in [1.82, 2.24) is 0 Å². The van der Waals surface area contributed by atoms with Crippen LogP contribution in [-0.4, -0.2) is 17.4 Å². The normalized spacial score (nSPS) is 10.8. The quantitative estimate of drug-likeness (QED) is 0.0328. The predicted octanol–water partition coefficient (Wildman–Crippen LogP) is 20.9. The molecule has 0 fully saturated rings. The summed E-state index contributed by atoms with van der Waals surface area (Å²) in [7, 11) is 0. The van der Waals surface area contributed by atoms with Gasteiger partial charge < -0.3 is 20.8 Å². The van der Waals surface area contributed by atoms with Gasteiger partial charge in [-0.25, -0.2) is 0 Å². The van der Waals surface area contributed by atoms with Gasteiger partial charge in [-0.05, 0) is 0 Å². The molecular formula is C54H111Al.